The number of pyridine rings is 1. The number of carbonyl (C=O) groups excluding carboxylic acids is 1. The SMILES string of the molecule is COc1cc(OC2CCN(C)CC2)ccc1Nc1ncc2ccc3c(C(=O)Nc4c(C)cccc4C)ccn3c2n1. The number of aromatic nitrogens is 3. The number of para-hydroxylation sites is 1. The molecular formula is C32H34N6O3. The third kappa shape index (κ3) is 5.40. The number of methoxy groups -OCH3 is 1. The third-order valence-electron chi connectivity index (χ3n) is 7.72. The molecule has 2 aromatic carbocycles. The Morgan fingerprint density at radius 2 is 1.80 bits per heavy atom. The summed E-state index contributed by atoms with van der Waals surface area (Å²) in [4.78, 5) is 24.9. The van der Waals surface area contributed by atoms with Crippen molar-refractivity contribution in [2.75, 3.05) is 37.9 Å². The number of aryl methyl sites for hydroxylation is 2. The molecule has 0 unspecified atom stereocenters. The summed E-state index contributed by atoms with van der Waals surface area (Å²) in [6.07, 6.45) is 5.85. The van der Waals surface area contributed by atoms with Crippen molar-refractivity contribution in [3.05, 3.63) is 83.7 Å². The molecule has 0 spiro atoms. The molecule has 4 heterocycles. The van der Waals surface area contributed by atoms with Gasteiger partial charge in [-0.1, -0.05) is 18.2 Å². The van der Waals surface area contributed by atoms with Crippen molar-refractivity contribution < 1.29 is 14.3 Å². The van der Waals surface area contributed by atoms with Crippen LogP contribution in [0.25, 0.3) is 16.6 Å². The van der Waals surface area contributed by atoms with Gasteiger partial charge in [-0.3, -0.25) is 4.79 Å². The number of piperidine rings is 1. The number of hydrogen-bond acceptors (Lipinski definition) is 7. The molecular weight excluding hydrogens is 516 g/mol. The predicted octanol–water partition coefficient (Wildman–Crippen LogP) is 5.98. The molecule has 6 rings (SSSR count). The minimum atomic E-state index is -0.163. The summed E-state index contributed by atoms with van der Waals surface area (Å²) in [5.74, 6) is 1.68. The number of benzene rings is 2. The van der Waals surface area contributed by atoms with E-state index in [1.807, 2.05) is 79.0 Å². The largest absolute Gasteiger partial charge is 0.494 e. The molecule has 2 N–H and O–H groups in total. The van der Waals surface area contributed by atoms with E-state index in [-0.39, 0.29) is 12.0 Å². The lowest BCUT2D eigenvalue weighted by Gasteiger charge is -2.29. The number of ether oxygens (including phenoxy) is 2. The van der Waals surface area contributed by atoms with Crippen LogP contribution in [0.5, 0.6) is 11.5 Å². The van der Waals surface area contributed by atoms with Crippen LogP contribution in [-0.4, -0.2) is 58.5 Å². The average Bonchev–Trinajstić information content (AvgIpc) is 3.42. The van der Waals surface area contributed by atoms with Gasteiger partial charge in [-0.25, -0.2) is 4.98 Å². The molecule has 41 heavy (non-hydrogen) atoms. The topological polar surface area (TPSA) is 93.0 Å². The maximum absolute atomic E-state index is 13.3. The zero-order valence-corrected chi connectivity index (χ0v) is 23.8. The summed E-state index contributed by atoms with van der Waals surface area (Å²) >= 11 is 0. The van der Waals surface area contributed by atoms with E-state index in [0.717, 1.165) is 65.1 Å². The van der Waals surface area contributed by atoms with Crippen LogP contribution in [0.1, 0.15) is 34.3 Å². The highest BCUT2D eigenvalue weighted by molar-refractivity contribution is 6.10. The van der Waals surface area contributed by atoms with Crippen molar-refractivity contribution in [3.8, 4) is 11.5 Å². The average molecular weight is 551 g/mol. The number of anilines is 3. The lowest BCUT2D eigenvalue weighted by molar-refractivity contribution is 0.102. The van der Waals surface area contributed by atoms with Gasteiger partial charge in [0.15, 0.2) is 0 Å². The number of nitrogens with zero attached hydrogens (tertiary/aromatic N) is 4. The van der Waals surface area contributed by atoms with Gasteiger partial charge in [-0.15, -0.1) is 0 Å². The van der Waals surface area contributed by atoms with Crippen LogP contribution >= 0.6 is 0 Å². The van der Waals surface area contributed by atoms with Crippen LogP contribution in [0.15, 0.2) is 67.0 Å². The Morgan fingerprint density at radius 3 is 2.56 bits per heavy atom. The molecule has 5 aromatic rings. The van der Waals surface area contributed by atoms with Crippen LogP contribution in [0, 0.1) is 13.8 Å². The molecule has 1 aliphatic rings. The van der Waals surface area contributed by atoms with Gasteiger partial charge in [0.1, 0.15) is 23.3 Å². The quantitative estimate of drug-likeness (QED) is 0.258. The number of hydrogen-bond donors (Lipinski definition) is 2. The first-order valence-electron chi connectivity index (χ1n) is 13.8. The van der Waals surface area contributed by atoms with E-state index in [0.29, 0.717) is 22.9 Å². The first kappa shape index (κ1) is 26.6. The standard InChI is InChI=1S/C32H34N6O3/c1-20-6-5-7-21(2)29(20)35-31(39)25-14-17-38-27(25)11-8-22-19-33-32(36-30(22)38)34-26-10-9-24(18-28(26)40-4)41-23-12-15-37(3)16-13-23/h5-11,14,17-19,23H,12-13,15-16H2,1-4H3,(H,35,39)(H,33,34,36). The first-order valence-corrected chi connectivity index (χ1v) is 13.8. The summed E-state index contributed by atoms with van der Waals surface area (Å²) < 4.78 is 13.8. The normalized spacial score (nSPS) is 14.3. The molecule has 9 heteroatoms. The van der Waals surface area contributed by atoms with Gasteiger partial charge in [0.2, 0.25) is 5.95 Å². The summed E-state index contributed by atoms with van der Waals surface area (Å²) in [6, 6.07) is 17.4. The molecule has 0 bridgehead atoms. The maximum atomic E-state index is 13.3. The Morgan fingerprint density at radius 1 is 1.02 bits per heavy atom. The highest BCUT2D eigenvalue weighted by Crippen LogP contribution is 2.32. The van der Waals surface area contributed by atoms with Gasteiger partial charge in [-0.05, 0) is 75.2 Å². The summed E-state index contributed by atoms with van der Waals surface area (Å²) in [5.41, 5.74) is 5.63. The van der Waals surface area contributed by atoms with Crippen molar-refractivity contribution in [1.29, 1.82) is 0 Å². The van der Waals surface area contributed by atoms with Crippen LogP contribution in [0.2, 0.25) is 0 Å². The lowest BCUT2D eigenvalue weighted by atomic mass is 10.1. The van der Waals surface area contributed by atoms with Crippen molar-refractivity contribution in [2.45, 2.75) is 32.8 Å². The molecule has 9 nitrogen and oxygen atoms in total. The number of rotatable bonds is 7. The van der Waals surface area contributed by atoms with Gasteiger partial charge in [0.05, 0.1) is 23.9 Å². The maximum Gasteiger partial charge on any atom is 0.257 e. The van der Waals surface area contributed by atoms with Crippen molar-refractivity contribution in [3.63, 3.8) is 0 Å². The molecule has 0 atom stereocenters. The van der Waals surface area contributed by atoms with E-state index < -0.39 is 0 Å². The van der Waals surface area contributed by atoms with E-state index in [4.69, 9.17) is 14.5 Å². The van der Waals surface area contributed by atoms with E-state index in [2.05, 4.69) is 27.6 Å². The fraction of sp³-hybridized carbons (Fsp3) is 0.281. The van der Waals surface area contributed by atoms with Gasteiger partial charge < -0.3 is 29.4 Å². The van der Waals surface area contributed by atoms with E-state index >= 15 is 0 Å². The number of nitrogens with one attached hydrogen (secondary N) is 2. The Bertz CT molecular complexity index is 1720. The lowest BCUT2D eigenvalue weighted by Crippen LogP contribution is -2.35. The number of carbonyl (C=O) groups is 1. The second-order valence-electron chi connectivity index (χ2n) is 10.6. The Labute approximate surface area is 239 Å². The minimum Gasteiger partial charge on any atom is -0.494 e. The Kier molecular flexibility index (Phi) is 7.19. The zero-order valence-electron chi connectivity index (χ0n) is 23.8. The smallest absolute Gasteiger partial charge is 0.257 e. The molecule has 210 valence electrons. The number of fused-ring (bicyclic) bond motifs is 3. The van der Waals surface area contributed by atoms with Gasteiger partial charge in [-0.2, -0.15) is 4.98 Å². The molecule has 1 fully saturated rings. The molecule has 0 radical (unpaired) electrons. The number of likely N-dealkylation sites (tertiary alicyclic amines) is 1. The zero-order chi connectivity index (χ0) is 28.5. The first-order chi connectivity index (χ1) is 19.9. The summed E-state index contributed by atoms with van der Waals surface area (Å²) in [7, 11) is 3.77. The van der Waals surface area contributed by atoms with Crippen LogP contribution in [0.4, 0.5) is 17.3 Å². The molecule has 1 amide bonds. The van der Waals surface area contributed by atoms with Crippen LogP contribution in [0.3, 0.4) is 0 Å². The van der Waals surface area contributed by atoms with E-state index in [1.54, 1.807) is 13.3 Å². The number of amides is 1. The van der Waals surface area contributed by atoms with Crippen molar-refractivity contribution in [2.24, 2.45) is 0 Å². The van der Waals surface area contributed by atoms with Crippen molar-refractivity contribution in [1.82, 2.24) is 19.3 Å². The van der Waals surface area contributed by atoms with E-state index in [1.165, 1.54) is 0 Å². The molecule has 1 aliphatic heterocycles. The molecule has 0 saturated carbocycles. The van der Waals surface area contributed by atoms with Gasteiger partial charge in [0, 0.05) is 42.6 Å². The molecule has 1 saturated heterocycles. The fourth-order valence-electron chi connectivity index (χ4n) is 5.37. The summed E-state index contributed by atoms with van der Waals surface area (Å²) in [6.45, 7) is 6.05. The van der Waals surface area contributed by atoms with Crippen LogP contribution in [-0.2, 0) is 0 Å². The summed E-state index contributed by atoms with van der Waals surface area (Å²) in [5, 5.41) is 7.23. The van der Waals surface area contributed by atoms with Crippen molar-refractivity contribution >= 4 is 39.8 Å². The van der Waals surface area contributed by atoms with Crippen LogP contribution < -0.4 is 20.1 Å². The third-order valence-corrected chi connectivity index (χ3v) is 7.72. The Balaban J connectivity index is 1.25. The predicted molar refractivity (Wildman–Crippen MR) is 162 cm³/mol. The fourth-order valence-corrected chi connectivity index (χ4v) is 5.37. The highest BCUT2D eigenvalue weighted by atomic mass is 16.5. The minimum absolute atomic E-state index is 0.163. The highest BCUT2D eigenvalue weighted by Gasteiger charge is 2.19. The van der Waals surface area contributed by atoms with E-state index in [9.17, 15) is 4.79 Å². The Hall–Kier alpha value is -4.63. The van der Waals surface area contributed by atoms with Gasteiger partial charge in [0.25, 0.3) is 5.91 Å². The molecule has 0 aliphatic carbocycles. The molecule has 3 aromatic heterocycles. The monoisotopic (exact) mass is 550 g/mol. The van der Waals surface area contributed by atoms with Gasteiger partial charge >= 0.3 is 0 Å². The second kappa shape index (κ2) is 11.1. The second-order valence-corrected chi connectivity index (χ2v) is 10.6.